The highest BCUT2D eigenvalue weighted by Gasteiger charge is 2.36. The van der Waals surface area contributed by atoms with Crippen LogP contribution in [-0.2, 0) is 22.9 Å². The highest BCUT2D eigenvalue weighted by Crippen LogP contribution is 2.33. The molecule has 0 fully saturated rings. The van der Waals surface area contributed by atoms with E-state index in [1.807, 2.05) is 12.1 Å². The zero-order valence-electron chi connectivity index (χ0n) is 21.8. The van der Waals surface area contributed by atoms with Crippen LogP contribution in [0, 0.1) is 0 Å². The van der Waals surface area contributed by atoms with Gasteiger partial charge in [0.2, 0.25) is 0 Å². The Bertz CT molecular complexity index is 1520. The molecule has 2 amide bonds. The molecule has 0 aliphatic carbocycles. The third-order valence-corrected chi connectivity index (χ3v) is 6.11. The van der Waals surface area contributed by atoms with Gasteiger partial charge in [-0.25, -0.2) is 15.8 Å². The van der Waals surface area contributed by atoms with Crippen molar-refractivity contribution in [3.63, 3.8) is 0 Å². The topological polar surface area (TPSA) is 113 Å². The van der Waals surface area contributed by atoms with Gasteiger partial charge in [-0.1, -0.05) is 45.0 Å². The van der Waals surface area contributed by atoms with Crippen molar-refractivity contribution in [3.05, 3.63) is 88.7 Å². The lowest BCUT2D eigenvalue weighted by molar-refractivity contribution is -0.137. The number of carbonyl (C=O) groups excluding carboxylic acids is 2. The Morgan fingerprint density at radius 3 is 2.31 bits per heavy atom. The zero-order chi connectivity index (χ0) is 28.5. The molecular weight excluding hydrogens is 511 g/mol. The molecule has 0 spiro atoms. The lowest BCUT2D eigenvalue weighted by Crippen LogP contribution is -2.38. The van der Waals surface area contributed by atoms with Gasteiger partial charge in [-0.05, 0) is 47.4 Å². The fraction of sp³-hybridized carbons (Fsp3) is 0.250. The number of benzene rings is 3. The summed E-state index contributed by atoms with van der Waals surface area (Å²) in [6, 6.07) is 14.5. The second-order valence-electron chi connectivity index (χ2n) is 10.0. The normalized spacial score (nSPS) is 12.0. The molecule has 0 aliphatic rings. The van der Waals surface area contributed by atoms with Crippen molar-refractivity contribution in [2.45, 2.75) is 39.0 Å². The fourth-order valence-corrected chi connectivity index (χ4v) is 4.09. The second kappa shape index (κ2) is 10.5. The molecule has 0 saturated carbocycles. The van der Waals surface area contributed by atoms with Gasteiger partial charge in [-0.3, -0.25) is 9.59 Å². The van der Waals surface area contributed by atoms with E-state index in [4.69, 9.17) is 10.6 Å². The highest BCUT2D eigenvalue weighted by atomic mass is 19.4. The number of hydrazine groups is 1. The number of amides is 2. The van der Waals surface area contributed by atoms with E-state index < -0.39 is 29.1 Å². The maximum absolute atomic E-state index is 13.5. The third kappa shape index (κ3) is 5.94. The molecule has 0 bridgehead atoms. The summed E-state index contributed by atoms with van der Waals surface area (Å²) in [6.45, 7) is 6.34. The van der Waals surface area contributed by atoms with Crippen LogP contribution in [0.25, 0.3) is 11.0 Å². The molecule has 0 saturated heterocycles. The number of hydrogen-bond donors (Lipinski definition) is 3. The first-order valence-electron chi connectivity index (χ1n) is 12.0. The minimum Gasteiger partial charge on any atom is -0.377 e. The number of alkyl halides is 3. The Labute approximate surface area is 222 Å². The van der Waals surface area contributed by atoms with Crippen molar-refractivity contribution in [3.8, 4) is 0 Å². The number of nitrogens with zero attached hydrogens (tertiary/aromatic N) is 2. The first-order chi connectivity index (χ1) is 18.3. The molecule has 39 heavy (non-hydrogen) atoms. The van der Waals surface area contributed by atoms with Crippen LogP contribution in [0.15, 0.2) is 60.7 Å². The van der Waals surface area contributed by atoms with Crippen molar-refractivity contribution in [2.24, 2.45) is 5.84 Å². The van der Waals surface area contributed by atoms with Gasteiger partial charge in [-0.2, -0.15) is 13.2 Å². The number of nitrogens with two attached hydrogens (primary N) is 1. The highest BCUT2D eigenvalue weighted by molar-refractivity contribution is 6.14. The Kier molecular flexibility index (Phi) is 7.49. The van der Waals surface area contributed by atoms with E-state index in [1.165, 1.54) is 31.4 Å². The summed E-state index contributed by atoms with van der Waals surface area (Å²) in [4.78, 5) is 33.9. The van der Waals surface area contributed by atoms with E-state index in [-0.39, 0.29) is 28.8 Å². The molecule has 1 aromatic heterocycles. The van der Waals surface area contributed by atoms with Gasteiger partial charge in [0.25, 0.3) is 11.8 Å². The number of aromatic nitrogens is 2. The predicted molar refractivity (Wildman–Crippen MR) is 142 cm³/mol. The van der Waals surface area contributed by atoms with Crippen LogP contribution in [-0.4, -0.2) is 28.9 Å². The first kappa shape index (κ1) is 27.8. The SMILES string of the molecule is COCc1nc2c(C(=O)Nc3ccc(C(C)(C)C)cc3)cc(N(N)C(=O)c3ccccc3C(F)(F)F)cc2[nH]1. The molecule has 4 rings (SSSR count). The van der Waals surface area contributed by atoms with Crippen LogP contribution >= 0.6 is 0 Å². The number of carbonyl (C=O) groups is 2. The molecule has 0 radical (unpaired) electrons. The molecule has 0 atom stereocenters. The van der Waals surface area contributed by atoms with E-state index in [1.54, 1.807) is 12.1 Å². The van der Waals surface area contributed by atoms with Gasteiger partial charge in [-0.15, -0.1) is 0 Å². The van der Waals surface area contributed by atoms with E-state index in [0.29, 0.717) is 22.0 Å². The first-order valence-corrected chi connectivity index (χ1v) is 12.0. The maximum atomic E-state index is 13.5. The lowest BCUT2D eigenvalue weighted by atomic mass is 9.87. The molecule has 1 heterocycles. The summed E-state index contributed by atoms with van der Waals surface area (Å²) in [5.41, 5.74) is 0.480. The number of hydrogen-bond acceptors (Lipinski definition) is 5. The number of halogens is 3. The summed E-state index contributed by atoms with van der Waals surface area (Å²) >= 11 is 0. The number of fused-ring (bicyclic) bond motifs is 1. The van der Waals surface area contributed by atoms with Crippen molar-refractivity contribution in [1.82, 2.24) is 9.97 Å². The summed E-state index contributed by atoms with van der Waals surface area (Å²) in [7, 11) is 1.48. The minimum atomic E-state index is -4.76. The van der Waals surface area contributed by atoms with Crippen LogP contribution in [0.3, 0.4) is 0 Å². The van der Waals surface area contributed by atoms with Gasteiger partial charge < -0.3 is 15.0 Å². The average molecular weight is 540 g/mol. The van der Waals surface area contributed by atoms with Crippen molar-refractivity contribution in [1.29, 1.82) is 0 Å². The number of imidazole rings is 1. The number of H-pyrrole nitrogens is 1. The van der Waals surface area contributed by atoms with E-state index in [9.17, 15) is 22.8 Å². The fourth-order valence-electron chi connectivity index (χ4n) is 4.09. The molecule has 4 N–H and O–H groups in total. The largest absolute Gasteiger partial charge is 0.417 e. The maximum Gasteiger partial charge on any atom is 0.417 e. The Balaban J connectivity index is 1.74. The molecule has 204 valence electrons. The monoisotopic (exact) mass is 539 g/mol. The van der Waals surface area contributed by atoms with Crippen molar-refractivity contribution < 1.29 is 27.5 Å². The van der Waals surface area contributed by atoms with Crippen molar-refractivity contribution in [2.75, 3.05) is 17.4 Å². The Morgan fingerprint density at radius 1 is 1.03 bits per heavy atom. The van der Waals surface area contributed by atoms with Gasteiger partial charge in [0.15, 0.2) is 0 Å². The van der Waals surface area contributed by atoms with Gasteiger partial charge in [0, 0.05) is 12.8 Å². The van der Waals surface area contributed by atoms with Crippen molar-refractivity contribution >= 4 is 34.2 Å². The summed E-state index contributed by atoms with van der Waals surface area (Å²) in [5.74, 6) is 4.81. The molecule has 4 aromatic rings. The van der Waals surface area contributed by atoms with Gasteiger partial charge in [0.05, 0.1) is 27.9 Å². The number of ether oxygens (including phenoxy) is 1. The Hall–Kier alpha value is -4.22. The van der Waals surface area contributed by atoms with E-state index in [2.05, 4.69) is 36.1 Å². The zero-order valence-corrected chi connectivity index (χ0v) is 21.8. The minimum absolute atomic E-state index is 0.00896. The molecular formula is C28H28F3N5O3. The summed E-state index contributed by atoms with van der Waals surface area (Å²) < 4.78 is 45.7. The number of rotatable bonds is 6. The number of methoxy groups -OCH3 is 1. The second-order valence-corrected chi connectivity index (χ2v) is 10.0. The standard InChI is InChI=1S/C28H28F3N5O3/c1-27(2,3)16-9-11-17(12-10-16)33-25(37)20-13-18(14-22-24(20)35-23(34-22)15-39-4)36(32)26(38)19-7-5-6-8-21(19)28(29,30)31/h5-14H,15,32H2,1-4H3,(H,33,37)(H,34,35). The van der Waals surface area contributed by atoms with E-state index >= 15 is 0 Å². The third-order valence-electron chi connectivity index (χ3n) is 6.11. The summed E-state index contributed by atoms with van der Waals surface area (Å²) in [6.07, 6.45) is -4.76. The molecule has 8 nitrogen and oxygen atoms in total. The van der Waals surface area contributed by atoms with Gasteiger partial charge in [0.1, 0.15) is 17.9 Å². The average Bonchev–Trinajstić information content (AvgIpc) is 3.29. The van der Waals surface area contributed by atoms with Gasteiger partial charge >= 0.3 is 6.18 Å². The molecule has 3 aromatic carbocycles. The number of aromatic amines is 1. The molecule has 11 heteroatoms. The van der Waals surface area contributed by atoms with Crippen LogP contribution < -0.4 is 16.2 Å². The number of anilines is 2. The summed E-state index contributed by atoms with van der Waals surface area (Å²) in [5, 5.41) is 3.39. The van der Waals surface area contributed by atoms with Crippen LogP contribution in [0.1, 0.15) is 58.4 Å². The van der Waals surface area contributed by atoms with Crippen LogP contribution in [0.4, 0.5) is 24.5 Å². The lowest BCUT2D eigenvalue weighted by Gasteiger charge is -2.20. The van der Waals surface area contributed by atoms with E-state index in [0.717, 1.165) is 17.7 Å². The van der Waals surface area contributed by atoms with Crippen LogP contribution in [0.2, 0.25) is 0 Å². The smallest absolute Gasteiger partial charge is 0.377 e. The quantitative estimate of drug-likeness (QED) is 0.163. The number of nitrogens with one attached hydrogen (secondary N) is 2. The van der Waals surface area contributed by atoms with Crippen LogP contribution in [0.5, 0.6) is 0 Å². The Morgan fingerprint density at radius 2 is 1.69 bits per heavy atom. The molecule has 0 unspecified atom stereocenters. The predicted octanol–water partition coefficient (Wildman–Crippen LogP) is 5.80. The molecule has 0 aliphatic heterocycles.